The summed E-state index contributed by atoms with van der Waals surface area (Å²) in [5.41, 5.74) is 1.17. The Morgan fingerprint density at radius 3 is 2.81 bits per heavy atom. The van der Waals surface area contributed by atoms with Crippen molar-refractivity contribution in [2.24, 2.45) is 0 Å². The number of aromatic nitrogens is 4. The van der Waals surface area contributed by atoms with Crippen LogP contribution in [0, 0.1) is 0 Å². The fourth-order valence-corrected chi connectivity index (χ4v) is 2.66. The molecule has 0 saturated heterocycles. The first kappa shape index (κ1) is 15.9. The molecular weight excluding hydrogens is 318 g/mol. The van der Waals surface area contributed by atoms with E-state index in [-0.39, 0.29) is 5.88 Å². The second-order valence-corrected chi connectivity index (χ2v) is 6.49. The minimum Gasteiger partial charge on any atom is -0.479 e. The highest BCUT2D eigenvalue weighted by Gasteiger charge is 2.15. The van der Waals surface area contributed by atoms with Crippen LogP contribution in [0.5, 0.6) is 5.88 Å². The summed E-state index contributed by atoms with van der Waals surface area (Å²) in [6, 6.07) is 0. The molecule has 2 heterocycles. The summed E-state index contributed by atoms with van der Waals surface area (Å²) >= 11 is 5.90. The average molecular weight is 334 g/mol. The Kier molecular flexibility index (Phi) is 4.96. The van der Waals surface area contributed by atoms with E-state index in [9.17, 15) is 8.42 Å². The van der Waals surface area contributed by atoms with Crippen molar-refractivity contribution >= 4 is 32.8 Å². The molecule has 0 aliphatic carbocycles. The van der Waals surface area contributed by atoms with Crippen molar-refractivity contribution in [2.45, 2.75) is 18.8 Å². The van der Waals surface area contributed by atoms with Gasteiger partial charge >= 0.3 is 0 Å². The molecule has 0 atom stereocenters. The molecular formula is C11H16ClN5O3S. The van der Waals surface area contributed by atoms with Crippen LogP contribution in [-0.4, -0.2) is 47.8 Å². The molecule has 2 aromatic rings. The zero-order chi connectivity index (χ0) is 15.5. The predicted molar refractivity (Wildman–Crippen MR) is 78.9 cm³/mol. The molecule has 0 fully saturated rings. The molecule has 8 nitrogen and oxygen atoms in total. The van der Waals surface area contributed by atoms with E-state index in [1.807, 2.05) is 4.57 Å². The van der Waals surface area contributed by atoms with Crippen LogP contribution in [0.15, 0.2) is 6.33 Å². The molecule has 0 bridgehead atoms. The average Bonchev–Trinajstić information content (AvgIpc) is 2.80. The molecule has 2 aromatic heterocycles. The Hall–Kier alpha value is -1.45. The third-order valence-corrected chi connectivity index (χ3v) is 3.78. The van der Waals surface area contributed by atoms with Crippen LogP contribution in [0.4, 0.5) is 0 Å². The van der Waals surface area contributed by atoms with Gasteiger partial charge in [-0.2, -0.15) is 4.98 Å². The highest BCUT2D eigenvalue weighted by molar-refractivity contribution is 7.88. The van der Waals surface area contributed by atoms with Gasteiger partial charge in [0.15, 0.2) is 11.2 Å². The molecule has 0 saturated carbocycles. The summed E-state index contributed by atoms with van der Waals surface area (Å²) in [5, 5.41) is 0. The van der Waals surface area contributed by atoms with E-state index in [2.05, 4.69) is 19.7 Å². The Balaban J connectivity index is 2.22. The maximum Gasteiger partial charge on any atom is 0.245 e. The van der Waals surface area contributed by atoms with Gasteiger partial charge in [-0.1, -0.05) is 0 Å². The van der Waals surface area contributed by atoms with Gasteiger partial charge in [-0.05, 0) is 6.42 Å². The van der Waals surface area contributed by atoms with Crippen molar-refractivity contribution in [3.05, 3.63) is 12.2 Å². The van der Waals surface area contributed by atoms with Crippen molar-refractivity contribution < 1.29 is 13.2 Å². The number of hydrogen-bond donors (Lipinski definition) is 1. The smallest absolute Gasteiger partial charge is 0.245 e. The topological polar surface area (TPSA) is 99.0 Å². The summed E-state index contributed by atoms with van der Waals surface area (Å²) in [5.74, 6) is 1.25. The van der Waals surface area contributed by atoms with E-state index in [0.29, 0.717) is 42.4 Å². The summed E-state index contributed by atoms with van der Waals surface area (Å²) in [6.07, 6.45) is 3.11. The minimum atomic E-state index is -3.18. The molecule has 1 N–H and O–H groups in total. The molecule has 0 aromatic carbocycles. The molecule has 10 heteroatoms. The van der Waals surface area contributed by atoms with Crippen LogP contribution < -0.4 is 9.46 Å². The zero-order valence-corrected chi connectivity index (χ0v) is 13.3. The van der Waals surface area contributed by atoms with Crippen LogP contribution in [0.1, 0.15) is 12.2 Å². The highest BCUT2D eigenvalue weighted by Crippen LogP contribution is 2.22. The Bertz CT molecular complexity index is 731. The fraction of sp³-hybridized carbons (Fsp3) is 0.545. The number of alkyl halides is 1. The van der Waals surface area contributed by atoms with Gasteiger partial charge < -0.3 is 9.30 Å². The number of halogens is 1. The van der Waals surface area contributed by atoms with Crippen LogP contribution in [0.25, 0.3) is 11.2 Å². The van der Waals surface area contributed by atoms with Gasteiger partial charge in [-0.3, -0.25) is 0 Å². The van der Waals surface area contributed by atoms with E-state index in [1.165, 1.54) is 13.4 Å². The van der Waals surface area contributed by atoms with Crippen molar-refractivity contribution in [1.29, 1.82) is 0 Å². The summed E-state index contributed by atoms with van der Waals surface area (Å²) in [7, 11) is -1.67. The van der Waals surface area contributed by atoms with Gasteiger partial charge in [-0.15, -0.1) is 11.6 Å². The minimum absolute atomic E-state index is 0.221. The van der Waals surface area contributed by atoms with E-state index >= 15 is 0 Å². The Morgan fingerprint density at radius 2 is 2.19 bits per heavy atom. The SMILES string of the molecule is COc1ncnc2c1nc(CCl)n2CCCNS(C)(=O)=O. The van der Waals surface area contributed by atoms with Crippen LogP contribution >= 0.6 is 11.6 Å². The van der Waals surface area contributed by atoms with Gasteiger partial charge in [0.1, 0.15) is 12.2 Å². The molecule has 0 amide bonds. The largest absolute Gasteiger partial charge is 0.479 e. The van der Waals surface area contributed by atoms with E-state index < -0.39 is 10.0 Å². The first-order valence-electron chi connectivity index (χ1n) is 6.21. The number of imidazole rings is 1. The molecule has 0 aliphatic heterocycles. The lowest BCUT2D eigenvalue weighted by Crippen LogP contribution is -2.24. The first-order chi connectivity index (χ1) is 9.96. The Labute approximate surface area is 127 Å². The number of ether oxygens (including phenoxy) is 1. The van der Waals surface area contributed by atoms with Crippen LogP contribution in [0.3, 0.4) is 0 Å². The quantitative estimate of drug-likeness (QED) is 0.585. The van der Waals surface area contributed by atoms with Crippen LogP contribution in [0.2, 0.25) is 0 Å². The number of aryl methyl sites for hydroxylation is 1. The molecule has 2 rings (SSSR count). The number of methoxy groups -OCH3 is 1. The fourth-order valence-electron chi connectivity index (χ4n) is 1.94. The lowest BCUT2D eigenvalue weighted by atomic mass is 10.4. The van der Waals surface area contributed by atoms with Crippen molar-refractivity contribution in [3.8, 4) is 5.88 Å². The normalized spacial score (nSPS) is 12.0. The Morgan fingerprint density at radius 1 is 1.43 bits per heavy atom. The lowest BCUT2D eigenvalue weighted by Gasteiger charge is -2.07. The summed E-state index contributed by atoms with van der Waals surface area (Å²) in [6.45, 7) is 0.879. The third kappa shape index (κ3) is 3.80. The second kappa shape index (κ2) is 6.54. The summed E-state index contributed by atoms with van der Waals surface area (Å²) in [4.78, 5) is 12.6. The van der Waals surface area contributed by atoms with E-state index in [1.54, 1.807) is 0 Å². The maximum atomic E-state index is 11.0. The van der Waals surface area contributed by atoms with Crippen molar-refractivity contribution in [1.82, 2.24) is 24.2 Å². The standard InChI is InChI=1S/C11H16ClN5O3S/c1-20-11-9-10(13-7-14-11)17(8(6-12)16-9)5-3-4-15-21(2,18)19/h7,15H,3-6H2,1-2H3. The lowest BCUT2D eigenvalue weighted by molar-refractivity contribution is 0.401. The number of sulfonamides is 1. The second-order valence-electron chi connectivity index (χ2n) is 4.39. The van der Waals surface area contributed by atoms with Gasteiger partial charge in [0.05, 0.1) is 19.2 Å². The predicted octanol–water partition coefficient (Wildman–Crippen LogP) is 0.513. The van der Waals surface area contributed by atoms with E-state index in [4.69, 9.17) is 16.3 Å². The molecule has 116 valence electrons. The van der Waals surface area contributed by atoms with Gasteiger partial charge in [0, 0.05) is 13.1 Å². The zero-order valence-electron chi connectivity index (χ0n) is 11.7. The van der Waals surface area contributed by atoms with Crippen molar-refractivity contribution in [3.63, 3.8) is 0 Å². The molecule has 21 heavy (non-hydrogen) atoms. The third-order valence-electron chi connectivity index (χ3n) is 2.81. The molecule has 0 aliphatic rings. The number of rotatable bonds is 7. The van der Waals surface area contributed by atoms with Gasteiger partial charge in [0.25, 0.3) is 0 Å². The number of nitrogens with zero attached hydrogens (tertiary/aromatic N) is 4. The van der Waals surface area contributed by atoms with Gasteiger partial charge in [0.2, 0.25) is 15.9 Å². The molecule has 0 radical (unpaired) electrons. The maximum absolute atomic E-state index is 11.0. The van der Waals surface area contributed by atoms with E-state index in [0.717, 1.165) is 6.26 Å². The molecule has 0 unspecified atom stereocenters. The number of fused-ring (bicyclic) bond motifs is 1. The summed E-state index contributed by atoms with van der Waals surface area (Å²) < 4.78 is 31.5. The first-order valence-corrected chi connectivity index (χ1v) is 8.63. The van der Waals surface area contributed by atoms with Crippen molar-refractivity contribution in [2.75, 3.05) is 19.9 Å². The van der Waals surface area contributed by atoms with Crippen LogP contribution in [-0.2, 0) is 22.4 Å². The highest BCUT2D eigenvalue weighted by atomic mass is 35.5. The van der Waals surface area contributed by atoms with Gasteiger partial charge in [-0.25, -0.2) is 23.1 Å². The monoisotopic (exact) mass is 333 g/mol. The molecule has 0 spiro atoms. The number of hydrogen-bond acceptors (Lipinski definition) is 6. The number of nitrogens with one attached hydrogen (secondary N) is 1.